The Morgan fingerprint density at radius 3 is 2.25 bits per heavy atom. The van der Waals surface area contributed by atoms with Crippen molar-refractivity contribution in [1.29, 1.82) is 0 Å². The molecule has 154 valence electrons. The molecule has 0 aromatic carbocycles. The van der Waals surface area contributed by atoms with Gasteiger partial charge in [0.05, 0.1) is 10.5 Å². The number of carbonyl (C=O) groups excluding carboxylic acids is 2. The van der Waals surface area contributed by atoms with E-state index in [1.54, 1.807) is 11.3 Å². The number of amides is 3. The van der Waals surface area contributed by atoms with Gasteiger partial charge in [0.1, 0.15) is 5.54 Å². The number of nitrogens with zero attached hydrogens (tertiary/aromatic N) is 3. The van der Waals surface area contributed by atoms with Crippen LogP contribution in [0.25, 0.3) is 0 Å². The van der Waals surface area contributed by atoms with E-state index in [-0.39, 0.29) is 11.9 Å². The van der Waals surface area contributed by atoms with E-state index >= 15 is 0 Å². The number of thiophene rings is 1. The lowest BCUT2D eigenvalue weighted by Crippen LogP contribution is -2.52. The van der Waals surface area contributed by atoms with Crippen LogP contribution >= 0.6 is 27.3 Å². The molecule has 2 aliphatic heterocycles. The fraction of sp³-hybridized carbons (Fsp3) is 0.700. The Labute approximate surface area is 179 Å². The van der Waals surface area contributed by atoms with Gasteiger partial charge in [-0.3, -0.25) is 14.6 Å². The van der Waals surface area contributed by atoms with Crippen molar-refractivity contribution < 1.29 is 9.59 Å². The summed E-state index contributed by atoms with van der Waals surface area (Å²) in [5, 5.41) is 3.07. The smallest absolute Gasteiger partial charge is 0.323 e. The highest BCUT2D eigenvalue weighted by atomic mass is 79.9. The maximum atomic E-state index is 13.1. The van der Waals surface area contributed by atoms with Crippen LogP contribution in [0, 0.1) is 0 Å². The van der Waals surface area contributed by atoms with Gasteiger partial charge < -0.3 is 5.32 Å². The van der Waals surface area contributed by atoms with Crippen molar-refractivity contribution in [2.75, 3.05) is 32.8 Å². The summed E-state index contributed by atoms with van der Waals surface area (Å²) in [6, 6.07) is 4.07. The normalized spacial score (nSPS) is 24.4. The van der Waals surface area contributed by atoms with Crippen molar-refractivity contribution in [3.8, 4) is 0 Å². The SMILES string of the molecule is O=C1NC2(CCCCCCC2)C(=O)N1CN1CCN(Cc2ccc(Br)s2)CC1. The fourth-order valence-electron chi connectivity index (χ4n) is 4.60. The van der Waals surface area contributed by atoms with Gasteiger partial charge in [0, 0.05) is 37.6 Å². The molecule has 0 radical (unpaired) electrons. The molecule has 8 heteroatoms. The Hall–Kier alpha value is -0.960. The molecule has 1 spiro atoms. The van der Waals surface area contributed by atoms with Crippen LogP contribution in [0.3, 0.4) is 0 Å². The van der Waals surface area contributed by atoms with E-state index in [1.807, 2.05) is 0 Å². The first kappa shape index (κ1) is 20.3. The second-order valence-corrected chi connectivity index (χ2v) is 10.8. The molecule has 3 fully saturated rings. The number of nitrogens with one attached hydrogen (secondary N) is 1. The van der Waals surface area contributed by atoms with Crippen LogP contribution < -0.4 is 5.32 Å². The molecular weight excluding hydrogens is 440 g/mol. The summed E-state index contributed by atoms with van der Waals surface area (Å²) in [5.41, 5.74) is -0.633. The third kappa shape index (κ3) is 4.45. The summed E-state index contributed by atoms with van der Waals surface area (Å²) in [6.45, 7) is 5.09. The molecule has 1 N–H and O–H groups in total. The second-order valence-electron chi connectivity index (χ2n) is 8.25. The molecular formula is C20H29BrN4O2S. The van der Waals surface area contributed by atoms with Crippen LogP contribution in [0.5, 0.6) is 0 Å². The predicted octanol–water partition coefficient (Wildman–Crippen LogP) is 3.62. The van der Waals surface area contributed by atoms with Crippen molar-refractivity contribution in [2.45, 2.75) is 57.0 Å². The number of hydrogen-bond acceptors (Lipinski definition) is 5. The second kappa shape index (κ2) is 8.81. The van der Waals surface area contributed by atoms with Gasteiger partial charge >= 0.3 is 6.03 Å². The minimum Gasteiger partial charge on any atom is -0.323 e. The molecule has 1 saturated carbocycles. The van der Waals surface area contributed by atoms with Crippen LogP contribution in [0.4, 0.5) is 4.79 Å². The Balaban J connectivity index is 1.31. The molecule has 1 aromatic rings. The molecule has 6 nitrogen and oxygen atoms in total. The third-order valence-electron chi connectivity index (χ3n) is 6.27. The summed E-state index contributed by atoms with van der Waals surface area (Å²) >= 11 is 5.30. The minimum absolute atomic E-state index is 0.00488. The topological polar surface area (TPSA) is 55.9 Å². The van der Waals surface area contributed by atoms with Gasteiger partial charge in [-0.25, -0.2) is 9.69 Å². The van der Waals surface area contributed by atoms with E-state index in [0.29, 0.717) is 6.67 Å². The molecule has 2 saturated heterocycles. The highest BCUT2D eigenvalue weighted by molar-refractivity contribution is 9.11. The zero-order valence-electron chi connectivity index (χ0n) is 16.3. The lowest BCUT2D eigenvalue weighted by atomic mass is 9.84. The maximum absolute atomic E-state index is 13.1. The Bertz CT molecular complexity index is 709. The molecule has 28 heavy (non-hydrogen) atoms. The van der Waals surface area contributed by atoms with E-state index < -0.39 is 5.54 Å². The highest BCUT2D eigenvalue weighted by Crippen LogP contribution is 2.32. The number of imide groups is 1. The van der Waals surface area contributed by atoms with E-state index in [0.717, 1.165) is 71.2 Å². The standard InChI is InChI=1S/C20H29BrN4O2S/c21-17-7-6-16(28-17)14-23-10-12-24(13-11-23)15-25-18(26)20(22-19(25)27)8-4-2-1-3-5-9-20/h6-7H,1-5,8-15H2,(H,22,27). The number of hydrogen-bond donors (Lipinski definition) is 1. The lowest BCUT2D eigenvalue weighted by molar-refractivity contribution is -0.133. The molecule has 0 unspecified atom stereocenters. The summed E-state index contributed by atoms with van der Waals surface area (Å²) in [7, 11) is 0. The zero-order chi connectivity index (χ0) is 19.6. The summed E-state index contributed by atoms with van der Waals surface area (Å²) in [4.78, 5) is 33.2. The van der Waals surface area contributed by atoms with E-state index in [1.165, 1.54) is 20.0 Å². The number of urea groups is 1. The fourth-order valence-corrected chi connectivity index (χ4v) is 6.12. The largest absolute Gasteiger partial charge is 0.326 e. The first-order valence-electron chi connectivity index (χ1n) is 10.4. The van der Waals surface area contributed by atoms with Crippen molar-refractivity contribution in [1.82, 2.24) is 20.0 Å². The van der Waals surface area contributed by atoms with E-state index in [2.05, 4.69) is 43.2 Å². The van der Waals surface area contributed by atoms with Crippen molar-refractivity contribution >= 4 is 39.2 Å². The third-order valence-corrected chi connectivity index (χ3v) is 7.88. The van der Waals surface area contributed by atoms with Gasteiger partial charge in [0.25, 0.3) is 5.91 Å². The van der Waals surface area contributed by atoms with E-state index in [4.69, 9.17) is 0 Å². The monoisotopic (exact) mass is 468 g/mol. The quantitative estimate of drug-likeness (QED) is 0.685. The van der Waals surface area contributed by atoms with Gasteiger partial charge in [-0.15, -0.1) is 11.3 Å². The predicted molar refractivity (Wildman–Crippen MR) is 114 cm³/mol. The first-order chi connectivity index (χ1) is 13.6. The van der Waals surface area contributed by atoms with Gasteiger partial charge in [-0.1, -0.05) is 32.1 Å². The van der Waals surface area contributed by atoms with Gasteiger partial charge in [-0.05, 0) is 40.9 Å². The van der Waals surface area contributed by atoms with Crippen LogP contribution in [0.15, 0.2) is 15.9 Å². The summed E-state index contributed by atoms with van der Waals surface area (Å²) in [6.07, 6.45) is 7.20. The Morgan fingerprint density at radius 1 is 0.964 bits per heavy atom. The zero-order valence-corrected chi connectivity index (χ0v) is 18.7. The van der Waals surface area contributed by atoms with Gasteiger partial charge in [-0.2, -0.15) is 0 Å². The minimum atomic E-state index is -0.633. The summed E-state index contributed by atoms with van der Waals surface area (Å²) in [5.74, 6) is 0.00488. The van der Waals surface area contributed by atoms with Crippen LogP contribution in [0.1, 0.15) is 49.8 Å². The molecule has 3 aliphatic rings. The lowest BCUT2D eigenvalue weighted by Gasteiger charge is -2.36. The molecule has 1 aliphatic carbocycles. The molecule has 3 amide bonds. The Kier molecular flexibility index (Phi) is 6.40. The summed E-state index contributed by atoms with van der Waals surface area (Å²) < 4.78 is 1.17. The molecule has 0 bridgehead atoms. The number of rotatable bonds is 4. The first-order valence-corrected chi connectivity index (χ1v) is 12.0. The van der Waals surface area contributed by atoms with Crippen LogP contribution in [0.2, 0.25) is 0 Å². The van der Waals surface area contributed by atoms with Crippen LogP contribution in [-0.2, 0) is 11.3 Å². The molecule has 3 heterocycles. The molecule has 4 rings (SSSR count). The maximum Gasteiger partial charge on any atom is 0.326 e. The number of carbonyl (C=O) groups is 2. The van der Waals surface area contributed by atoms with Crippen LogP contribution in [-0.4, -0.2) is 65.0 Å². The van der Waals surface area contributed by atoms with E-state index in [9.17, 15) is 9.59 Å². The average molecular weight is 469 g/mol. The Morgan fingerprint density at radius 2 is 1.61 bits per heavy atom. The van der Waals surface area contributed by atoms with Gasteiger partial charge in [0.2, 0.25) is 0 Å². The number of piperazine rings is 1. The molecule has 0 atom stereocenters. The van der Waals surface area contributed by atoms with Crippen molar-refractivity contribution in [3.63, 3.8) is 0 Å². The number of halogens is 1. The van der Waals surface area contributed by atoms with Gasteiger partial charge in [0.15, 0.2) is 0 Å². The van der Waals surface area contributed by atoms with Crippen molar-refractivity contribution in [2.24, 2.45) is 0 Å². The van der Waals surface area contributed by atoms with Crippen molar-refractivity contribution in [3.05, 3.63) is 20.8 Å². The average Bonchev–Trinajstić information content (AvgIpc) is 3.16. The molecule has 1 aromatic heterocycles. The highest BCUT2D eigenvalue weighted by Gasteiger charge is 2.50.